The van der Waals surface area contributed by atoms with Crippen LogP contribution in [0.25, 0.3) is 0 Å². The van der Waals surface area contributed by atoms with Gasteiger partial charge in [0.25, 0.3) is 0 Å². The zero-order valence-corrected chi connectivity index (χ0v) is 11.1. The molecule has 1 unspecified atom stereocenters. The summed E-state index contributed by atoms with van der Waals surface area (Å²) in [7, 11) is 0. The molecule has 1 nitrogen and oxygen atoms in total. The molecule has 0 heterocycles. The van der Waals surface area contributed by atoms with Crippen molar-refractivity contribution in [2.24, 2.45) is 0 Å². The van der Waals surface area contributed by atoms with Crippen LogP contribution in [0.15, 0.2) is 12.1 Å². The number of ether oxygens (including phenoxy) is 1. The minimum Gasteiger partial charge on any atom is -0.492 e. The van der Waals surface area contributed by atoms with Crippen molar-refractivity contribution in [2.45, 2.75) is 18.7 Å². The van der Waals surface area contributed by atoms with Gasteiger partial charge in [0.2, 0.25) is 0 Å². The first-order chi connectivity index (χ1) is 6.57. The highest BCUT2D eigenvalue weighted by molar-refractivity contribution is 9.09. The van der Waals surface area contributed by atoms with E-state index in [1.165, 1.54) is 0 Å². The van der Waals surface area contributed by atoms with Gasteiger partial charge in [0.1, 0.15) is 5.75 Å². The van der Waals surface area contributed by atoms with Crippen molar-refractivity contribution in [1.29, 1.82) is 0 Å². The number of hydrogen-bond acceptors (Lipinski definition) is 1. The molecular weight excluding hydrogens is 287 g/mol. The zero-order valence-electron chi connectivity index (χ0n) is 7.98. The van der Waals surface area contributed by atoms with Crippen LogP contribution >= 0.6 is 39.1 Å². The maximum absolute atomic E-state index is 6.15. The van der Waals surface area contributed by atoms with Gasteiger partial charge in [-0.15, -0.1) is 0 Å². The van der Waals surface area contributed by atoms with Crippen LogP contribution in [-0.4, -0.2) is 6.61 Å². The zero-order chi connectivity index (χ0) is 10.7. The molecular formula is C10H11BrCl2O. The lowest BCUT2D eigenvalue weighted by Gasteiger charge is -2.13. The topological polar surface area (TPSA) is 9.23 Å². The summed E-state index contributed by atoms with van der Waals surface area (Å²) in [6.45, 7) is 4.49. The Hall–Kier alpha value is 0.0800. The third-order valence-corrected chi connectivity index (χ3v) is 2.97. The van der Waals surface area contributed by atoms with E-state index >= 15 is 0 Å². The number of halogens is 3. The van der Waals surface area contributed by atoms with Crippen LogP contribution < -0.4 is 4.74 Å². The second kappa shape index (κ2) is 5.24. The first-order valence-electron chi connectivity index (χ1n) is 4.32. The Morgan fingerprint density at radius 1 is 1.43 bits per heavy atom. The Morgan fingerprint density at radius 2 is 2.07 bits per heavy atom. The van der Waals surface area contributed by atoms with Crippen LogP contribution in [0.2, 0.25) is 10.0 Å². The quantitative estimate of drug-likeness (QED) is 0.725. The van der Waals surface area contributed by atoms with Crippen molar-refractivity contribution in [2.75, 3.05) is 6.61 Å². The van der Waals surface area contributed by atoms with Crippen LogP contribution in [0.1, 0.15) is 24.2 Å². The molecule has 0 saturated heterocycles. The number of alkyl halides is 1. The van der Waals surface area contributed by atoms with Crippen LogP contribution in [0.4, 0.5) is 0 Å². The molecule has 0 aliphatic heterocycles. The Balaban J connectivity index is 3.19. The van der Waals surface area contributed by atoms with Gasteiger partial charge in [-0.25, -0.2) is 0 Å². The summed E-state index contributed by atoms with van der Waals surface area (Å²) in [6, 6.07) is 3.58. The molecule has 0 amide bonds. The molecule has 1 rings (SSSR count). The maximum atomic E-state index is 6.15. The molecule has 0 aliphatic carbocycles. The van der Waals surface area contributed by atoms with E-state index in [0.717, 1.165) is 5.56 Å². The third-order valence-electron chi connectivity index (χ3n) is 1.79. The summed E-state index contributed by atoms with van der Waals surface area (Å²) in [4.78, 5) is 0.114. The van der Waals surface area contributed by atoms with Crippen LogP contribution in [-0.2, 0) is 0 Å². The first-order valence-corrected chi connectivity index (χ1v) is 5.99. The second-order valence-corrected chi connectivity index (χ2v) is 4.98. The molecule has 1 atom stereocenters. The summed E-state index contributed by atoms with van der Waals surface area (Å²) in [5, 5.41) is 1.24. The van der Waals surface area contributed by atoms with Crippen molar-refractivity contribution in [3.05, 3.63) is 27.7 Å². The highest BCUT2D eigenvalue weighted by atomic mass is 79.9. The number of hydrogen-bond donors (Lipinski definition) is 0. The smallest absolute Gasteiger partial charge is 0.138 e. The van der Waals surface area contributed by atoms with Crippen molar-refractivity contribution in [3.8, 4) is 5.75 Å². The predicted molar refractivity (Wildman–Crippen MR) is 65.0 cm³/mol. The monoisotopic (exact) mass is 296 g/mol. The average Bonchev–Trinajstić information content (AvgIpc) is 2.10. The Kier molecular flexibility index (Phi) is 4.55. The van der Waals surface area contributed by atoms with Gasteiger partial charge >= 0.3 is 0 Å². The highest BCUT2D eigenvalue weighted by Gasteiger charge is 2.15. The van der Waals surface area contributed by atoms with E-state index in [2.05, 4.69) is 15.9 Å². The molecule has 78 valence electrons. The third kappa shape index (κ3) is 2.56. The van der Waals surface area contributed by atoms with Gasteiger partial charge in [0.15, 0.2) is 0 Å². The maximum Gasteiger partial charge on any atom is 0.138 e. The Morgan fingerprint density at radius 3 is 2.57 bits per heavy atom. The van der Waals surface area contributed by atoms with Gasteiger partial charge in [0, 0.05) is 15.4 Å². The minimum absolute atomic E-state index is 0.114. The fraction of sp³-hybridized carbons (Fsp3) is 0.400. The van der Waals surface area contributed by atoms with Gasteiger partial charge in [0.05, 0.1) is 11.6 Å². The van der Waals surface area contributed by atoms with Gasteiger partial charge in [-0.05, 0) is 26.0 Å². The van der Waals surface area contributed by atoms with Crippen LogP contribution in [0.3, 0.4) is 0 Å². The van der Waals surface area contributed by atoms with Crippen molar-refractivity contribution in [3.63, 3.8) is 0 Å². The molecule has 0 radical (unpaired) electrons. The van der Waals surface area contributed by atoms with E-state index in [1.807, 2.05) is 13.8 Å². The van der Waals surface area contributed by atoms with E-state index in [9.17, 15) is 0 Å². The summed E-state index contributed by atoms with van der Waals surface area (Å²) in [5.41, 5.74) is 0.874. The van der Waals surface area contributed by atoms with E-state index < -0.39 is 0 Å². The predicted octanol–water partition coefficient (Wildman–Crippen LogP) is 4.85. The largest absolute Gasteiger partial charge is 0.492 e. The summed E-state index contributed by atoms with van der Waals surface area (Å²) in [6.07, 6.45) is 0. The molecule has 1 aromatic carbocycles. The molecule has 0 N–H and O–H groups in total. The molecule has 0 fully saturated rings. The van der Waals surface area contributed by atoms with E-state index in [-0.39, 0.29) is 4.83 Å². The van der Waals surface area contributed by atoms with Gasteiger partial charge in [-0.2, -0.15) is 0 Å². The van der Waals surface area contributed by atoms with Crippen molar-refractivity contribution in [1.82, 2.24) is 0 Å². The lowest BCUT2D eigenvalue weighted by Crippen LogP contribution is -1.96. The Bertz CT molecular complexity index is 326. The van der Waals surface area contributed by atoms with Gasteiger partial charge in [-0.1, -0.05) is 39.1 Å². The van der Waals surface area contributed by atoms with Crippen LogP contribution in [0, 0.1) is 0 Å². The lowest BCUT2D eigenvalue weighted by molar-refractivity contribution is 0.340. The molecule has 14 heavy (non-hydrogen) atoms. The van der Waals surface area contributed by atoms with Gasteiger partial charge < -0.3 is 4.74 Å². The SMILES string of the molecule is CCOc1ccc(Cl)c(C(C)Br)c1Cl. The van der Waals surface area contributed by atoms with E-state index in [1.54, 1.807) is 12.1 Å². The normalized spacial score (nSPS) is 12.6. The summed E-state index contributed by atoms with van der Waals surface area (Å²) >= 11 is 15.6. The standard InChI is InChI=1S/C10H11BrCl2O/c1-3-14-8-5-4-7(12)9(6(2)11)10(8)13/h4-6H,3H2,1-2H3. The highest BCUT2D eigenvalue weighted by Crippen LogP contribution is 2.40. The van der Waals surface area contributed by atoms with E-state index in [0.29, 0.717) is 22.4 Å². The number of rotatable bonds is 3. The summed E-state index contributed by atoms with van der Waals surface area (Å²) in [5.74, 6) is 0.680. The van der Waals surface area contributed by atoms with Gasteiger partial charge in [-0.3, -0.25) is 0 Å². The van der Waals surface area contributed by atoms with Crippen molar-refractivity contribution >= 4 is 39.1 Å². The molecule has 4 heteroatoms. The van der Waals surface area contributed by atoms with Crippen LogP contribution in [0.5, 0.6) is 5.75 Å². The Labute approximate surface area is 102 Å². The van der Waals surface area contributed by atoms with E-state index in [4.69, 9.17) is 27.9 Å². The molecule has 0 aromatic heterocycles. The summed E-state index contributed by atoms with van der Waals surface area (Å²) < 4.78 is 5.37. The fourth-order valence-electron chi connectivity index (χ4n) is 1.18. The molecule has 0 saturated carbocycles. The first kappa shape index (κ1) is 12.2. The molecule has 0 aliphatic rings. The second-order valence-electron chi connectivity index (χ2n) is 2.82. The fourth-order valence-corrected chi connectivity index (χ4v) is 2.67. The molecule has 0 bridgehead atoms. The minimum atomic E-state index is 0.114. The number of benzene rings is 1. The lowest BCUT2D eigenvalue weighted by atomic mass is 10.1. The van der Waals surface area contributed by atoms with Crippen molar-refractivity contribution < 1.29 is 4.74 Å². The molecule has 1 aromatic rings. The molecule has 0 spiro atoms. The average molecular weight is 298 g/mol.